The minimum atomic E-state index is -0.603. The van der Waals surface area contributed by atoms with Crippen molar-refractivity contribution in [2.24, 2.45) is 5.73 Å². The molecule has 0 aliphatic rings. The fraction of sp³-hybridized carbons (Fsp3) is 0.235. The Morgan fingerprint density at radius 1 is 1.15 bits per heavy atom. The molecule has 0 radical (unpaired) electrons. The number of carbonyl (C=O) groups is 1. The molecule has 0 aliphatic carbocycles. The number of benzene rings is 2. The molecule has 0 spiro atoms. The number of carbonyl (C=O) groups excluding carboxylic acids is 1. The Labute approximate surface area is 119 Å². The maximum atomic E-state index is 12.0. The van der Waals surface area contributed by atoms with Crippen LogP contribution in [0.4, 0.5) is 0 Å². The van der Waals surface area contributed by atoms with Crippen LogP contribution in [0.5, 0.6) is 0 Å². The van der Waals surface area contributed by atoms with Gasteiger partial charge in [-0.2, -0.15) is 0 Å². The Hall–Kier alpha value is -2.13. The van der Waals surface area contributed by atoms with Crippen LogP contribution in [0.15, 0.2) is 54.6 Å². The van der Waals surface area contributed by atoms with Crippen molar-refractivity contribution in [3.63, 3.8) is 0 Å². The van der Waals surface area contributed by atoms with E-state index in [4.69, 9.17) is 5.73 Å². The molecule has 1 amide bonds. The van der Waals surface area contributed by atoms with Gasteiger partial charge in [0.05, 0.1) is 0 Å². The van der Waals surface area contributed by atoms with E-state index in [2.05, 4.69) is 30.4 Å². The summed E-state index contributed by atoms with van der Waals surface area (Å²) in [5.41, 5.74) is 9.22. The fourth-order valence-corrected chi connectivity index (χ4v) is 2.12. The maximum absolute atomic E-state index is 12.0. The predicted octanol–water partition coefficient (Wildman–Crippen LogP) is 2.35. The molecule has 20 heavy (non-hydrogen) atoms. The van der Waals surface area contributed by atoms with Gasteiger partial charge in [-0.3, -0.25) is 4.79 Å². The minimum Gasteiger partial charge on any atom is -0.354 e. The smallest absolute Gasteiger partial charge is 0.241 e. The van der Waals surface area contributed by atoms with Gasteiger partial charge in [0.1, 0.15) is 6.04 Å². The van der Waals surface area contributed by atoms with Crippen LogP contribution in [-0.2, 0) is 11.2 Å². The van der Waals surface area contributed by atoms with E-state index in [1.54, 1.807) is 0 Å². The monoisotopic (exact) mass is 268 g/mol. The fourth-order valence-electron chi connectivity index (χ4n) is 2.12. The maximum Gasteiger partial charge on any atom is 0.241 e. The van der Waals surface area contributed by atoms with E-state index in [9.17, 15) is 4.79 Å². The first-order valence-electron chi connectivity index (χ1n) is 6.80. The van der Waals surface area contributed by atoms with E-state index in [0.29, 0.717) is 6.54 Å². The molecule has 1 atom stereocenters. The standard InChI is InChI=1S/C17H20N2O/c1-13-6-5-7-14(12-13)10-11-19-17(20)16(18)15-8-3-2-4-9-15/h2-9,12,16H,10-11,18H2,1H3,(H,19,20). The van der Waals surface area contributed by atoms with Gasteiger partial charge in [-0.25, -0.2) is 0 Å². The summed E-state index contributed by atoms with van der Waals surface area (Å²) < 4.78 is 0. The summed E-state index contributed by atoms with van der Waals surface area (Å²) in [6.45, 7) is 2.66. The molecular formula is C17H20N2O. The SMILES string of the molecule is Cc1cccc(CCNC(=O)C(N)c2ccccc2)c1. The first kappa shape index (κ1) is 14.3. The number of amides is 1. The molecule has 0 aliphatic heterocycles. The summed E-state index contributed by atoms with van der Waals surface area (Å²) in [7, 11) is 0. The van der Waals surface area contributed by atoms with Crippen molar-refractivity contribution in [3.05, 3.63) is 71.3 Å². The second kappa shape index (κ2) is 6.87. The van der Waals surface area contributed by atoms with Gasteiger partial charge in [0.25, 0.3) is 0 Å². The van der Waals surface area contributed by atoms with Crippen LogP contribution in [0.1, 0.15) is 22.7 Å². The molecule has 3 nitrogen and oxygen atoms in total. The molecule has 2 rings (SSSR count). The van der Waals surface area contributed by atoms with Crippen molar-refractivity contribution >= 4 is 5.91 Å². The average Bonchev–Trinajstić information content (AvgIpc) is 2.47. The molecule has 0 fully saturated rings. The van der Waals surface area contributed by atoms with Gasteiger partial charge in [-0.1, -0.05) is 60.2 Å². The number of rotatable bonds is 5. The van der Waals surface area contributed by atoms with Gasteiger partial charge < -0.3 is 11.1 Å². The summed E-state index contributed by atoms with van der Waals surface area (Å²) in [6, 6.07) is 17.1. The highest BCUT2D eigenvalue weighted by molar-refractivity contribution is 5.82. The highest BCUT2D eigenvalue weighted by Gasteiger charge is 2.14. The summed E-state index contributed by atoms with van der Waals surface area (Å²) in [5.74, 6) is -0.135. The van der Waals surface area contributed by atoms with Crippen molar-refractivity contribution in [2.45, 2.75) is 19.4 Å². The molecule has 2 aromatic rings. The van der Waals surface area contributed by atoms with Gasteiger partial charge in [0, 0.05) is 6.54 Å². The zero-order valence-corrected chi connectivity index (χ0v) is 11.7. The first-order chi connectivity index (χ1) is 9.66. The van der Waals surface area contributed by atoms with Crippen LogP contribution in [0, 0.1) is 6.92 Å². The topological polar surface area (TPSA) is 55.1 Å². The predicted molar refractivity (Wildman–Crippen MR) is 81.3 cm³/mol. The molecule has 0 bridgehead atoms. The lowest BCUT2D eigenvalue weighted by atomic mass is 10.1. The second-order valence-electron chi connectivity index (χ2n) is 4.92. The Morgan fingerprint density at radius 2 is 1.90 bits per heavy atom. The third-order valence-electron chi connectivity index (χ3n) is 3.24. The number of hydrogen-bond donors (Lipinski definition) is 2. The van der Waals surface area contributed by atoms with Gasteiger partial charge >= 0.3 is 0 Å². The van der Waals surface area contributed by atoms with E-state index in [0.717, 1.165) is 12.0 Å². The van der Waals surface area contributed by atoms with E-state index in [-0.39, 0.29) is 5.91 Å². The lowest BCUT2D eigenvalue weighted by molar-refractivity contribution is -0.122. The van der Waals surface area contributed by atoms with Crippen LogP contribution in [0.2, 0.25) is 0 Å². The summed E-state index contributed by atoms with van der Waals surface area (Å²) in [5, 5.41) is 2.88. The minimum absolute atomic E-state index is 0.135. The molecule has 0 heterocycles. The number of nitrogens with two attached hydrogens (primary N) is 1. The first-order valence-corrected chi connectivity index (χ1v) is 6.80. The van der Waals surface area contributed by atoms with Gasteiger partial charge in [-0.15, -0.1) is 0 Å². The molecule has 0 saturated carbocycles. The highest BCUT2D eigenvalue weighted by atomic mass is 16.2. The van der Waals surface area contributed by atoms with Crippen LogP contribution >= 0.6 is 0 Å². The zero-order valence-electron chi connectivity index (χ0n) is 11.7. The molecule has 3 heteroatoms. The van der Waals surface area contributed by atoms with Crippen molar-refractivity contribution in [1.82, 2.24) is 5.32 Å². The van der Waals surface area contributed by atoms with E-state index >= 15 is 0 Å². The van der Waals surface area contributed by atoms with Crippen LogP contribution in [-0.4, -0.2) is 12.5 Å². The van der Waals surface area contributed by atoms with E-state index < -0.39 is 6.04 Å². The summed E-state index contributed by atoms with van der Waals surface area (Å²) >= 11 is 0. The van der Waals surface area contributed by atoms with Crippen LogP contribution in [0.3, 0.4) is 0 Å². The molecule has 1 unspecified atom stereocenters. The highest BCUT2D eigenvalue weighted by Crippen LogP contribution is 2.09. The molecular weight excluding hydrogens is 248 g/mol. The Balaban J connectivity index is 1.83. The van der Waals surface area contributed by atoms with Gasteiger partial charge in [-0.05, 0) is 24.5 Å². The number of hydrogen-bond acceptors (Lipinski definition) is 2. The third kappa shape index (κ3) is 3.93. The Bertz CT molecular complexity index is 566. The average molecular weight is 268 g/mol. The van der Waals surface area contributed by atoms with Crippen molar-refractivity contribution in [1.29, 1.82) is 0 Å². The largest absolute Gasteiger partial charge is 0.354 e. The Morgan fingerprint density at radius 3 is 2.60 bits per heavy atom. The van der Waals surface area contributed by atoms with Crippen molar-refractivity contribution in [3.8, 4) is 0 Å². The van der Waals surface area contributed by atoms with Gasteiger partial charge in [0.2, 0.25) is 5.91 Å². The van der Waals surface area contributed by atoms with Crippen molar-refractivity contribution in [2.75, 3.05) is 6.54 Å². The molecule has 3 N–H and O–H groups in total. The van der Waals surface area contributed by atoms with E-state index in [1.165, 1.54) is 11.1 Å². The van der Waals surface area contributed by atoms with E-state index in [1.807, 2.05) is 36.4 Å². The quantitative estimate of drug-likeness (QED) is 0.874. The van der Waals surface area contributed by atoms with Gasteiger partial charge in [0.15, 0.2) is 0 Å². The molecule has 2 aromatic carbocycles. The van der Waals surface area contributed by atoms with Crippen LogP contribution in [0.25, 0.3) is 0 Å². The van der Waals surface area contributed by atoms with Crippen molar-refractivity contribution < 1.29 is 4.79 Å². The molecule has 0 aromatic heterocycles. The Kier molecular flexibility index (Phi) is 4.91. The second-order valence-corrected chi connectivity index (χ2v) is 4.92. The summed E-state index contributed by atoms with van der Waals surface area (Å²) in [6.07, 6.45) is 0.814. The molecule has 104 valence electrons. The molecule has 0 saturated heterocycles. The lowest BCUT2D eigenvalue weighted by Gasteiger charge is -2.12. The number of aryl methyl sites for hydroxylation is 1. The lowest BCUT2D eigenvalue weighted by Crippen LogP contribution is -2.35. The third-order valence-corrected chi connectivity index (χ3v) is 3.24. The summed E-state index contributed by atoms with van der Waals surface area (Å²) in [4.78, 5) is 12.0. The van der Waals surface area contributed by atoms with Crippen LogP contribution < -0.4 is 11.1 Å². The zero-order chi connectivity index (χ0) is 14.4. The normalized spacial score (nSPS) is 11.9. The number of nitrogens with one attached hydrogen (secondary N) is 1.